The molecular formula is C12H14FNSi. The first-order chi connectivity index (χ1) is 6.98. The average Bonchev–Trinajstić information content (AvgIpc) is 2.16. The lowest BCUT2D eigenvalue weighted by atomic mass is 10.2. The number of nitrogens with zero attached hydrogens (tertiary/aromatic N) is 1. The molecule has 1 aromatic carbocycles. The molecule has 2 rings (SSSR count). The monoisotopic (exact) mass is 219 g/mol. The molecule has 0 bridgehead atoms. The second-order valence-electron chi connectivity index (χ2n) is 4.78. The predicted molar refractivity (Wildman–Crippen MR) is 64.7 cm³/mol. The molecule has 0 amide bonds. The largest absolute Gasteiger partial charge is 0.253 e. The molecule has 0 N–H and O–H groups in total. The quantitative estimate of drug-likeness (QED) is 0.672. The topological polar surface area (TPSA) is 12.9 Å². The highest BCUT2D eigenvalue weighted by Gasteiger charge is 2.18. The van der Waals surface area contributed by atoms with Crippen LogP contribution >= 0.6 is 0 Å². The number of halogens is 1. The third-order valence-corrected chi connectivity index (χ3v) is 4.55. The van der Waals surface area contributed by atoms with E-state index in [1.165, 1.54) is 0 Å². The van der Waals surface area contributed by atoms with Crippen LogP contribution in [-0.2, 0) is 0 Å². The first-order valence-electron chi connectivity index (χ1n) is 5.03. The van der Waals surface area contributed by atoms with Crippen LogP contribution in [-0.4, -0.2) is 13.1 Å². The summed E-state index contributed by atoms with van der Waals surface area (Å²) in [5, 5.41) is 2.04. The lowest BCUT2D eigenvalue weighted by Crippen LogP contribution is -2.37. The molecule has 0 aliphatic carbocycles. The molecule has 1 aromatic heterocycles. The predicted octanol–water partition coefficient (Wildman–Crippen LogP) is 2.92. The third kappa shape index (κ3) is 1.92. The van der Waals surface area contributed by atoms with Gasteiger partial charge in [-0.1, -0.05) is 37.0 Å². The molecule has 15 heavy (non-hydrogen) atoms. The summed E-state index contributed by atoms with van der Waals surface area (Å²) in [5.74, 6) is -0.203. The van der Waals surface area contributed by atoms with E-state index in [0.717, 1.165) is 10.6 Å². The average molecular weight is 219 g/mol. The third-order valence-electron chi connectivity index (χ3n) is 2.52. The van der Waals surface area contributed by atoms with E-state index in [4.69, 9.17) is 0 Å². The van der Waals surface area contributed by atoms with Gasteiger partial charge in [0.25, 0.3) is 0 Å². The molecule has 0 aliphatic rings. The van der Waals surface area contributed by atoms with Crippen LogP contribution in [0.3, 0.4) is 0 Å². The molecule has 1 nitrogen and oxygen atoms in total. The summed E-state index contributed by atoms with van der Waals surface area (Å²) in [5.41, 5.74) is 0.472. The van der Waals surface area contributed by atoms with E-state index >= 15 is 0 Å². The van der Waals surface area contributed by atoms with Crippen molar-refractivity contribution in [3.05, 3.63) is 36.3 Å². The molecule has 0 radical (unpaired) electrons. The van der Waals surface area contributed by atoms with E-state index in [9.17, 15) is 4.39 Å². The second-order valence-corrected chi connectivity index (χ2v) is 9.86. The fourth-order valence-corrected chi connectivity index (χ4v) is 2.73. The highest BCUT2D eigenvalue weighted by atomic mass is 28.3. The molecule has 0 saturated heterocycles. The summed E-state index contributed by atoms with van der Waals surface area (Å²) in [6, 6.07) is 7.46. The van der Waals surface area contributed by atoms with Crippen molar-refractivity contribution in [1.82, 2.24) is 4.98 Å². The SMILES string of the molecule is C[Si](C)(C)c1cc(F)c2ncccc2c1. The van der Waals surface area contributed by atoms with E-state index in [2.05, 4.69) is 30.7 Å². The Morgan fingerprint density at radius 1 is 1.20 bits per heavy atom. The van der Waals surface area contributed by atoms with Crippen LogP contribution in [0.4, 0.5) is 4.39 Å². The van der Waals surface area contributed by atoms with Crippen molar-refractivity contribution in [1.29, 1.82) is 0 Å². The summed E-state index contributed by atoms with van der Waals surface area (Å²) in [6.45, 7) is 6.64. The molecule has 1 heterocycles. The lowest BCUT2D eigenvalue weighted by molar-refractivity contribution is 0.637. The minimum atomic E-state index is -1.45. The van der Waals surface area contributed by atoms with Crippen LogP contribution in [0.1, 0.15) is 0 Å². The van der Waals surface area contributed by atoms with Gasteiger partial charge in [0.15, 0.2) is 0 Å². The number of hydrogen-bond acceptors (Lipinski definition) is 1. The Morgan fingerprint density at radius 3 is 2.60 bits per heavy atom. The van der Waals surface area contributed by atoms with Crippen molar-refractivity contribution in [3.63, 3.8) is 0 Å². The molecule has 78 valence electrons. The number of fused-ring (bicyclic) bond motifs is 1. The van der Waals surface area contributed by atoms with E-state index < -0.39 is 8.07 Å². The number of aromatic nitrogens is 1. The molecular weight excluding hydrogens is 205 g/mol. The van der Waals surface area contributed by atoms with Gasteiger partial charge in [0.2, 0.25) is 0 Å². The van der Waals surface area contributed by atoms with Crippen molar-refractivity contribution in [2.75, 3.05) is 0 Å². The summed E-state index contributed by atoms with van der Waals surface area (Å²) in [6.07, 6.45) is 1.62. The van der Waals surface area contributed by atoms with E-state index in [0.29, 0.717) is 5.52 Å². The molecule has 0 aliphatic heterocycles. The van der Waals surface area contributed by atoms with Gasteiger partial charge in [-0.2, -0.15) is 0 Å². The van der Waals surface area contributed by atoms with Gasteiger partial charge < -0.3 is 0 Å². The highest BCUT2D eigenvalue weighted by Crippen LogP contribution is 2.15. The summed E-state index contributed by atoms with van der Waals surface area (Å²) in [7, 11) is -1.45. The molecule has 0 spiro atoms. The van der Waals surface area contributed by atoms with Crippen LogP contribution in [0.25, 0.3) is 10.9 Å². The molecule has 0 fully saturated rings. The molecule has 0 atom stereocenters. The minimum absolute atomic E-state index is 0.203. The van der Waals surface area contributed by atoms with Crippen LogP contribution in [0.15, 0.2) is 30.5 Å². The number of pyridine rings is 1. The maximum Gasteiger partial charge on any atom is 0.149 e. The molecule has 2 aromatic rings. The van der Waals surface area contributed by atoms with Gasteiger partial charge in [0.1, 0.15) is 11.3 Å². The van der Waals surface area contributed by atoms with Gasteiger partial charge in [0.05, 0.1) is 8.07 Å². The Bertz CT molecular complexity index is 502. The second kappa shape index (κ2) is 3.42. The Hall–Kier alpha value is -1.22. The van der Waals surface area contributed by atoms with Gasteiger partial charge in [0, 0.05) is 11.6 Å². The summed E-state index contributed by atoms with van der Waals surface area (Å²) < 4.78 is 13.7. The fourth-order valence-electron chi connectivity index (χ4n) is 1.58. The lowest BCUT2D eigenvalue weighted by Gasteiger charge is -2.17. The smallest absolute Gasteiger partial charge is 0.149 e. The molecule has 0 unspecified atom stereocenters. The summed E-state index contributed by atoms with van der Waals surface area (Å²) in [4.78, 5) is 4.04. The maximum absolute atomic E-state index is 13.7. The fraction of sp³-hybridized carbons (Fsp3) is 0.250. The first kappa shape index (κ1) is 10.3. The first-order valence-corrected chi connectivity index (χ1v) is 8.53. The zero-order valence-corrected chi connectivity index (χ0v) is 10.2. The van der Waals surface area contributed by atoms with E-state index in [1.54, 1.807) is 12.3 Å². The Balaban J connectivity index is 2.73. The van der Waals surface area contributed by atoms with Gasteiger partial charge in [-0.25, -0.2) is 4.39 Å². The molecule has 3 heteroatoms. The van der Waals surface area contributed by atoms with Gasteiger partial charge in [-0.15, -0.1) is 0 Å². The van der Waals surface area contributed by atoms with Crippen molar-refractivity contribution in [3.8, 4) is 0 Å². The normalized spacial score (nSPS) is 12.0. The van der Waals surface area contributed by atoms with Crippen LogP contribution in [0, 0.1) is 5.82 Å². The van der Waals surface area contributed by atoms with Gasteiger partial charge >= 0.3 is 0 Å². The Kier molecular flexibility index (Phi) is 2.35. The van der Waals surface area contributed by atoms with Crippen molar-refractivity contribution in [2.45, 2.75) is 19.6 Å². The van der Waals surface area contributed by atoms with E-state index in [1.807, 2.05) is 12.1 Å². The van der Waals surface area contributed by atoms with Crippen molar-refractivity contribution < 1.29 is 4.39 Å². The van der Waals surface area contributed by atoms with Crippen LogP contribution in [0.2, 0.25) is 19.6 Å². The number of rotatable bonds is 1. The number of benzene rings is 1. The number of hydrogen-bond donors (Lipinski definition) is 0. The summed E-state index contributed by atoms with van der Waals surface area (Å²) >= 11 is 0. The Labute approximate surface area is 90.0 Å². The maximum atomic E-state index is 13.7. The highest BCUT2D eigenvalue weighted by molar-refractivity contribution is 6.88. The van der Waals surface area contributed by atoms with Gasteiger partial charge in [-0.05, 0) is 12.1 Å². The van der Waals surface area contributed by atoms with E-state index in [-0.39, 0.29) is 5.82 Å². The zero-order chi connectivity index (χ0) is 11.1. The Morgan fingerprint density at radius 2 is 1.93 bits per heavy atom. The van der Waals surface area contributed by atoms with Gasteiger partial charge in [-0.3, -0.25) is 4.98 Å². The minimum Gasteiger partial charge on any atom is -0.253 e. The standard InChI is InChI=1S/C12H14FNSi/c1-15(2,3)10-7-9-5-4-6-14-12(9)11(13)8-10/h4-8H,1-3H3. The van der Waals surface area contributed by atoms with Crippen molar-refractivity contribution in [2.24, 2.45) is 0 Å². The molecule has 0 saturated carbocycles. The van der Waals surface area contributed by atoms with Crippen LogP contribution < -0.4 is 5.19 Å². The van der Waals surface area contributed by atoms with Crippen LogP contribution in [0.5, 0.6) is 0 Å². The zero-order valence-electron chi connectivity index (χ0n) is 9.21. The van der Waals surface area contributed by atoms with Crippen molar-refractivity contribution >= 4 is 24.2 Å².